The molecular formula is C78H116FN7O18. The van der Waals surface area contributed by atoms with Crippen molar-refractivity contribution in [3.05, 3.63) is 77.1 Å². The normalized spacial score (nSPS) is 17.1. The van der Waals surface area contributed by atoms with E-state index in [4.69, 9.17) is 29.4 Å². The van der Waals surface area contributed by atoms with Gasteiger partial charge in [-0.2, -0.15) is 0 Å². The number of nitrogens with zero attached hydrogens (tertiary/aromatic N) is 4. The Labute approximate surface area is 613 Å². The summed E-state index contributed by atoms with van der Waals surface area (Å²) in [6.07, 6.45) is 2.51. The molecule has 7 amide bonds. The van der Waals surface area contributed by atoms with E-state index in [1.165, 1.54) is 50.5 Å². The number of rotatable bonds is 49. The van der Waals surface area contributed by atoms with Crippen LogP contribution < -0.4 is 21.1 Å². The number of hydrogen-bond acceptors (Lipinski definition) is 19. The number of likely N-dealkylation sites (N-methyl/N-ethyl adjacent to an activating group) is 2. The molecule has 2 aromatic rings. The Morgan fingerprint density at radius 3 is 1.91 bits per heavy atom. The number of Topliss-reactive ketones (excluding diaryl/α,β-unsaturated/α-hetero) is 5. The molecule has 0 aliphatic carbocycles. The predicted octanol–water partition coefficient (Wildman–Crippen LogP) is 8.55. The van der Waals surface area contributed by atoms with Gasteiger partial charge in [-0.25, -0.2) is 9.18 Å². The number of amides is 7. The van der Waals surface area contributed by atoms with E-state index in [-0.39, 0.29) is 166 Å². The first-order valence-corrected chi connectivity index (χ1v) is 36.7. The molecule has 0 aromatic heterocycles. The van der Waals surface area contributed by atoms with Crippen LogP contribution >= 0.6 is 0 Å². The van der Waals surface area contributed by atoms with Gasteiger partial charge in [-0.3, -0.25) is 67.3 Å². The first-order valence-electron chi connectivity index (χ1n) is 36.7. The third kappa shape index (κ3) is 27.4. The zero-order valence-electron chi connectivity index (χ0n) is 63.9. The van der Waals surface area contributed by atoms with Gasteiger partial charge in [0.25, 0.3) is 11.8 Å². The Kier molecular flexibility index (Phi) is 37.4. The van der Waals surface area contributed by atoms with Crippen LogP contribution in [0.25, 0.3) is 0 Å². The number of carbonyl (C=O) groups is 13. The highest BCUT2D eigenvalue weighted by Crippen LogP contribution is 2.33. The number of halogens is 1. The van der Waals surface area contributed by atoms with Crippen LogP contribution in [0.15, 0.2) is 54.6 Å². The Balaban J connectivity index is 1.40. The summed E-state index contributed by atoms with van der Waals surface area (Å²) in [5, 5.41) is 5.28. The van der Waals surface area contributed by atoms with Gasteiger partial charge in [0.15, 0.2) is 23.1 Å². The lowest BCUT2D eigenvalue weighted by atomic mass is 9.80. The number of benzene rings is 2. The van der Waals surface area contributed by atoms with E-state index >= 15 is 4.79 Å². The number of nitrogens with two attached hydrogens (primary N) is 1. The Bertz CT molecular complexity index is 3260. The Hall–Kier alpha value is -8.10. The van der Waals surface area contributed by atoms with Gasteiger partial charge in [0.05, 0.1) is 62.9 Å². The molecule has 4 N–H and O–H groups in total. The molecular weight excluding hydrogens is 1340 g/mol. The zero-order valence-corrected chi connectivity index (χ0v) is 63.9. The molecule has 25 nitrogen and oxygen atoms in total. The first-order chi connectivity index (χ1) is 49.2. The van der Waals surface area contributed by atoms with Gasteiger partial charge >= 0.3 is 12.1 Å². The molecule has 11 atom stereocenters. The minimum absolute atomic E-state index is 0.00181. The van der Waals surface area contributed by atoms with Crippen LogP contribution in [0, 0.1) is 53.2 Å². The molecule has 0 saturated carbocycles. The molecule has 104 heavy (non-hydrogen) atoms. The number of alkyl carbamates (subject to hydrolysis) is 1. The van der Waals surface area contributed by atoms with Crippen LogP contribution in [-0.2, 0) is 84.7 Å². The van der Waals surface area contributed by atoms with E-state index < -0.39 is 108 Å². The minimum Gasteiger partial charge on any atom is -0.494 e. The van der Waals surface area contributed by atoms with Crippen molar-refractivity contribution in [3.8, 4) is 5.75 Å². The second-order valence-corrected chi connectivity index (χ2v) is 29.1. The number of unbranched alkanes of at least 4 members (excludes halogenated alkanes) is 3. The monoisotopic (exact) mass is 1460 g/mol. The summed E-state index contributed by atoms with van der Waals surface area (Å²) in [5.74, 6) is -8.53. The zero-order chi connectivity index (χ0) is 77.7. The summed E-state index contributed by atoms with van der Waals surface area (Å²) < 4.78 is 43.1. The van der Waals surface area contributed by atoms with Crippen molar-refractivity contribution in [1.82, 2.24) is 30.2 Å². The van der Waals surface area contributed by atoms with Crippen LogP contribution in [-0.4, -0.2) is 201 Å². The molecule has 26 heteroatoms. The van der Waals surface area contributed by atoms with Crippen molar-refractivity contribution in [2.24, 2.45) is 53.1 Å². The molecule has 2 aromatic carbocycles. The molecule has 4 rings (SSSR count). The lowest BCUT2D eigenvalue weighted by Crippen LogP contribution is -2.54. The number of imide groups is 1. The highest BCUT2D eigenvalue weighted by molar-refractivity contribution is 6.12. The predicted molar refractivity (Wildman–Crippen MR) is 388 cm³/mol. The van der Waals surface area contributed by atoms with E-state index in [0.717, 1.165) is 11.0 Å². The highest BCUT2D eigenvalue weighted by Gasteiger charge is 2.47. The number of likely N-dealkylation sites (tertiary alicyclic amines) is 1. The Morgan fingerprint density at radius 2 is 1.34 bits per heavy atom. The smallest absolute Gasteiger partial charge is 0.407 e. The van der Waals surface area contributed by atoms with Crippen molar-refractivity contribution in [1.29, 1.82) is 0 Å². The average molecular weight is 1460 g/mol. The third-order valence-electron chi connectivity index (χ3n) is 20.2. The maximum absolute atomic E-state index is 15.0. The van der Waals surface area contributed by atoms with E-state index in [1.807, 2.05) is 74.4 Å². The van der Waals surface area contributed by atoms with Gasteiger partial charge in [-0.1, -0.05) is 106 Å². The third-order valence-corrected chi connectivity index (χ3v) is 20.2. The molecule has 2 aliphatic rings. The molecule has 0 bridgehead atoms. The van der Waals surface area contributed by atoms with Crippen LogP contribution in [0.1, 0.15) is 187 Å². The highest BCUT2D eigenvalue weighted by atomic mass is 19.1. The van der Waals surface area contributed by atoms with Gasteiger partial charge < -0.3 is 49.9 Å². The number of hydrogen-bond donors (Lipinski definition) is 3. The fourth-order valence-corrected chi connectivity index (χ4v) is 14.0. The number of methoxy groups -OCH3 is 3. The van der Waals surface area contributed by atoms with Crippen molar-refractivity contribution in [2.75, 3.05) is 68.7 Å². The summed E-state index contributed by atoms with van der Waals surface area (Å²) in [5.41, 5.74) is 6.67. The van der Waals surface area contributed by atoms with Gasteiger partial charge in [0, 0.05) is 121 Å². The van der Waals surface area contributed by atoms with Gasteiger partial charge in [-0.05, 0) is 99.2 Å². The number of primary amides is 1. The van der Waals surface area contributed by atoms with E-state index in [9.17, 15) is 61.9 Å². The maximum Gasteiger partial charge on any atom is 0.407 e. The molecule has 0 spiro atoms. The maximum atomic E-state index is 15.0. The fourth-order valence-electron chi connectivity index (χ4n) is 14.0. The minimum atomic E-state index is -1.04. The lowest BCUT2D eigenvalue weighted by molar-refractivity contribution is -0.149. The number of nitrogens with one attached hydrogen (secondary N) is 2. The van der Waals surface area contributed by atoms with E-state index in [2.05, 4.69) is 10.6 Å². The second kappa shape index (κ2) is 44.0. The van der Waals surface area contributed by atoms with Gasteiger partial charge in [0.1, 0.15) is 30.1 Å². The summed E-state index contributed by atoms with van der Waals surface area (Å²) in [6.45, 7) is 16.5. The first kappa shape index (κ1) is 88.3. The van der Waals surface area contributed by atoms with Crippen LogP contribution in [0.4, 0.5) is 9.18 Å². The van der Waals surface area contributed by atoms with Gasteiger partial charge in [0.2, 0.25) is 23.6 Å². The second-order valence-electron chi connectivity index (χ2n) is 29.1. The van der Waals surface area contributed by atoms with Crippen molar-refractivity contribution >= 4 is 76.4 Å². The SMILES string of the molecule is CC[C@H](C)[C@@H]([C@@H](CC(=O)N1C[C@@H](OC(=O)NCCCC(=O)OCc2ccc(CC(=O)[C@H](CCCCC(N)=O)CC(=O)[C@@H](CC(=O)CCCCCN3C(=O)C=CC3=O)C(C)C)cc2)C[C@H]1[C@H](OC)[C@@H](C)C(=O)NCC(=O)c1ccc(OC)c(F)c1)OC)N(C)C(=O)[C@@H](CC(=O)[C@H](C(C)C)N(C)C)C(C)C. The average Bonchev–Trinajstić information content (AvgIpc) is 1.58. The van der Waals surface area contributed by atoms with E-state index in [1.54, 1.807) is 43.1 Å². The molecule has 2 heterocycles. The molecule has 2 aliphatic heterocycles. The summed E-state index contributed by atoms with van der Waals surface area (Å²) in [7, 11) is 9.46. The molecule has 1 saturated heterocycles. The molecule has 578 valence electrons. The lowest BCUT2D eigenvalue weighted by Gasteiger charge is -2.41. The van der Waals surface area contributed by atoms with E-state index in [0.29, 0.717) is 56.1 Å². The quantitative estimate of drug-likeness (QED) is 0.0242. The largest absolute Gasteiger partial charge is 0.494 e. The Morgan fingerprint density at radius 1 is 0.692 bits per heavy atom. The molecule has 0 unspecified atom stereocenters. The van der Waals surface area contributed by atoms with Crippen LogP contribution in [0.2, 0.25) is 0 Å². The van der Waals surface area contributed by atoms with Crippen molar-refractivity contribution < 1.29 is 90.4 Å². The number of ketones is 5. The van der Waals surface area contributed by atoms with Gasteiger partial charge in [-0.15, -0.1) is 0 Å². The number of ether oxygens (including phenoxy) is 5. The van der Waals surface area contributed by atoms with Crippen LogP contribution in [0.5, 0.6) is 5.75 Å². The fraction of sp³-hybridized carbons (Fsp3) is 0.654. The number of esters is 1. The summed E-state index contributed by atoms with van der Waals surface area (Å²) >= 11 is 0. The standard InChI is InChI=1S/C78H116FN7O18/c1-16-50(8)74(84(12)77(98)59(48(4)5)42-64(90)73(49(6)7)83(10)11)67(101-14)43-71(95)86-45-57(41-61(86)75(102-15)51(9)76(97)82-44-65(91)55-31-32-66(100-13)60(79)38-55)104-78(99)81-35-22-26-72(96)103-46-53-29-27-52(28-30-53)37-62(88)54(23-19-20-25-68(80)92)39-63(89)58(47(2)3)40-56(87)24-18-17-21-36-85-69(93)33-34-70(85)94/h27-34,38,47-51,54,57-59,61,67,73-75H,16-26,35-37,39-46H2,1-15H3,(H2,80,92)(H,81,99)(H,82,97)/t50-,51+,54+,57-,58-,59-,61-,67+,73-,74-,75+/m0/s1. The summed E-state index contributed by atoms with van der Waals surface area (Å²) in [4.78, 5) is 180. The van der Waals surface area contributed by atoms with Crippen LogP contribution in [0.3, 0.4) is 0 Å². The molecule has 1 fully saturated rings. The number of carbonyl (C=O) groups excluding carboxylic acids is 13. The van der Waals surface area contributed by atoms with Crippen molar-refractivity contribution in [2.45, 2.75) is 215 Å². The topological polar surface area (TPSA) is 331 Å². The van der Waals surface area contributed by atoms with Crippen molar-refractivity contribution in [3.63, 3.8) is 0 Å². The summed E-state index contributed by atoms with van der Waals surface area (Å²) in [6, 6.07) is 8.65. The molecule has 0 radical (unpaired) electrons.